The smallest absolute Gasteiger partial charge is 0.258 e. The Balaban J connectivity index is 1.49. The van der Waals surface area contributed by atoms with Crippen molar-refractivity contribution in [1.82, 2.24) is 14.4 Å². The highest BCUT2D eigenvalue weighted by Crippen LogP contribution is 2.29. The lowest BCUT2D eigenvalue weighted by Crippen LogP contribution is -2.45. The van der Waals surface area contributed by atoms with E-state index in [1.54, 1.807) is 11.5 Å². The minimum Gasteiger partial charge on any atom is -0.443 e. The highest BCUT2D eigenvalue weighted by Gasteiger charge is 2.32. The second-order valence-electron chi connectivity index (χ2n) is 8.66. The minimum absolute atomic E-state index is 0.0711. The maximum atomic E-state index is 13.4. The van der Waals surface area contributed by atoms with Gasteiger partial charge in [0.2, 0.25) is 5.88 Å². The number of piperidine rings is 2. The van der Waals surface area contributed by atoms with Crippen LogP contribution in [0.15, 0.2) is 28.9 Å². The third kappa shape index (κ3) is 4.11. The highest BCUT2D eigenvalue weighted by molar-refractivity contribution is 5.98. The summed E-state index contributed by atoms with van der Waals surface area (Å²) in [6.45, 7) is 9.04. The fraction of sp³-hybridized carbons (Fsp3) is 0.565. The van der Waals surface area contributed by atoms with E-state index in [1.807, 2.05) is 29.4 Å². The molecule has 0 bridgehead atoms. The molecular weight excluding hydrogens is 364 g/mol. The second-order valence-corrected chi connectivity index (χ2v) is 8.66. The molecule has 0 N–H and O–H groups in total. The van der Waals surface area contributed by atoms with Gasteiger partial charge in [0, 0.05) is 32.0 Å². The van der Waals surface area contributed by atoms with Gasteiger partial charge in [-0.15, -0.1) is 0 Å². The molecule has 29 heavy (non-hydrogen) atoms. The summed E-state index contributed by atoms with van der Waals surface area (Å²) < 4.78 is 7.58. The number of hydrogen-bond acceptors (Lipinski definition) is 4. The lowest BCUT2D eigenvalue weighted by molar-refractivity contribution is 0.0620. The van der Waals surface area contributed by atoms with Gasteiger partial charge in [0.15, 0.2) is 0 Å². The van der Waals surface area contributed by atoms with Gasteiger partial charge in [0.05, 0.1) is 0 Å². The standard InChI is InChI=1S/C23H30N4O2/c1-17-7-12-25(13-8-17)15-19-6-5-11-27(16-19)22(28)21-18(2)29-23(20(21)14-24)26-9-3-4-10-26/h3-4,9-10,17,19H,5-8,11-13,15-16H2,1-2H3/t19-/m0/s1. The Labute approximate surface area is 172 Å². The third-order valence-corrected chi connectivity index (χ3v) is 6.43. The van der Waals surface area contributed by atoms with Crippen LogP contribution in [0, 0.1) is 30.1 Å². The normalized spacial score (nSPS) is 21.3. The van der Waals surface area contributed by atoms with Gasteiger partial charge < -0.3 is 14.2 Å². The number of nitrogens with zero attached hydrogens (tertiary/aromatic N) is 4. The molecule has 2 fully saturated rings. The van der Waals surface area contributed by atoms with Crippen molar-refractivity contribution in [3.63, 3.8) is 0 Å². The maximum absolute atomic E-state index is 13.4. The van der Waals surface area contributed by atoms with E-state index in [2.05, 4.69) is 17.9 Å². The molecule has 0 unspecified atom stereocenters. The molecule has 2 aromatic heterocycles. The zero-order valence-corrected chi connectivity index (χ0v) is 17.4. The fourth-order valence-electron chi connectivity index (χ4n) is 4.71. The van der Waals surface area contributed by atoms with Crippen LogP contribution in [0.25, 0.3) is 5.88 Å². The van der Waals surface area contributed by atoms with E-state index in [0.29, 0.717) is 28.7 Å². The Kier molecular flexibility index (Phi) is 5.77. The van der Waals surface area contributed by atoms with Crippen LogP contribution in [-0.4, -0.2) is 53.0 Å². The number of aryl methyl sites for hydroxylation is 1. The Bertz CT molecular complexity index is 885. The first-order valence-corrected chi connectivity index (χ1v) is 10.7. The average Bonchev–Trinajstić information content (AvgIpc) is 3.37. The van der Waals surface area contributed by atoms with Crippen molar-refractivity contribution in [3.05, 3.63) is 41.4 Å². The molecule has 6 heteroatoms. The second kappa shape index (κ2) is 8.46. The van der Waals surface area contributed by atoms with Gasteiger partial charge in [-0.25, -0.2) is 0 Å². The van der Waals surface area contributed by atoms with Crippen LogP contribution in [0.4, 0.5) is 0 Å². The molecule has 4 rings (SSSR count). The van der Waals surface area contributed by atoms with Gasteiger partial charge in [-0.3, -0.25) is 9.36 Å². The van der Waals surface area contributed by atoms with E-state index in [-0.39, 0.29) is 5.91 Å². The summed E-state index contributed by atoms with van der Waals surface area (Å²) in [7, 11) is 0. The van der Waals surface area contributed by atoms with Crippen LogP contribution in [0.5, 0.6) is 0 Å². The first kappa shape index (κ1) is 19.8. The van der Waals surface area contributed by atoms with Crippen LogP contribution >= 0.6 is 0 Å². The Morgan fingerprint density at radius 1 is 1.21 bits per heavy atom. The number of rotatable bonds is 4. The van der Waals surface area contributed by atoms with Crippen LogP contribution in [0.2, 0.25) is 0 Å². The lowest BCUT2D eigenvalue weighted by Gasteiger charge is -2.37. The van der Waals surface area contributed by atoms with Gasteiger partial charge in [0.1, 0.15) is 23.0 Å². The van der Waals surface area contributed by atoms with E-state index in [0.717, 1.165) is 32.0 Å². The third-order valence-electron chi connectivity index (χ3n) is 6.43. The molecule has 0 radical (unpaired) electrons. The van der Waals surface area contributed by atoms with Crippen molar-refractivity contribution < 1.29 is 9.21 Å². The first-order valence-electron chi connectivity index (χ1n) is 10.7. The van der Waals surface area contributed by atoms with Crippen LogP contribution in [-0.2, 0) is 0 Å². The number of furan rings is 1. The zero-order chi connectivity index (χ0) is 20.4. The number of likely N-dealkylation sites (tertiary alicyclic amines) is 2. The molecule has 0 aromatic carbocycles. The summed E-state index contributed by atoms with van der Waals surface area (Å²) in [5.74, 6) is 2.20. The molecule has 2 aromatic rings. The summed E-state index contributed by atoms with van der Waals surface area (Å²) in [6.07, 6.45) is 8.38. The SMILES string of the molecule is Cc1oc(-n2cccc2)c(C#N)c1C(=O)N1CCC[C@@H](CN2CCC(C)CC2)C1. The van der Waals surface area contributed by atoms with Crippen molar-refractivity contribution in [3.8, 4) is 12.0 Å². The molecule has 4 heterocycles. The largest absolute Gasteiger partial charge is 0.443 e. The average molecular weight is 395 g/mol. The number of carbonyl (C=O) groups excluding carboxylic acids is 1. The summed E-state index contributed by atoms with van der Waals surface area (Å²) in [4.78, 5) is 17.8. The highest BCUT2D eigenvalue weighted by atomic mass is 16.4. The molecule has 2 saturated heterocycles. The topological polar surface area (TPSA) is 65.4 Å². The molecule has 0 spiro atoms. The Morgan fingerprint density at radius 2 is 1.93 bits per heavy atom. The number of nitriles is 1. The van der Waals surface area contributed by atoms with Crippen LogP contribution in [0.1, 0.15) is 54.3 Å². The fourth-order valence-corrected chi connectivity index (χ4v) is 4.71. The lowest BCUT2D eigenvalue weighted by atomic mass is 9.94. The molecular formula is C23H30N4O2. The maximum Gasteiger partial charge on any atom is 0.258 e. The summed E-state index contributed by atoms with van der Waals surface area (Å²) in [5, 5.41) is 9.75. The molecule has 154 valence electrons. The summed E-state index contributed by atoms with van der Waals surface area (Å²) in [6, 6.07) is 5.95. The number of aromatic nitrogens is 1. The first-order chi connectivity index (χ1) is 14.1. The monoisotopic (exact) mass is 394 g/mol. The number of hydrogen-bond donors (Lipinski definition) is 0. The molecule has 1 amide bonds. The van der Waals surface area contributed by atoms with Gasteiger partial charge in [-0.1, -0.05) is 6.92 Å². The van der Waals surface area contributed by atoms with Gasteiger partial charge >= 0.3 is 0 Å². The molecule has 2 aliphatic heterocycles. The predicted octanol–water partition coefficient (Wildman–Crippen LogP) is 3.83. The van der Waals surface area contributed by atoms with Crippen molar-refractivity contribution in [1.29, 1.82) is 5.26 Å². The van der Waals surface area contributed by atoms with E-state index < -0.39 is 0 Å². The minimum atomic E-state index is -0.0711. The van der Waals surface area contributed by atoms with E-state index in [9.17, 15) is 10.1 Å². The molecule has 1 atom stereocenters. The Morgan fingerprint density at radius 3 is 2.62 bits per heavy atom. The zero-order valence-electron chi connectivity index (χ0n) is 17.4. The Hall–Kier alpha value is -2.52. The summed E-state index contributed by atoms with van der Waals surface area (Å²) in [5.41, 5.74) is 0.750. The van der Waals surface area contributed by atoms with Crippen LogP contribution in [0.3, 0.4) is 0 Å². The van der Waals surface area contributed by atoms with Crippen molar-refractivity contribution in [2.75, 3.05) is 32.7 Å². The summed E-state index contributed by atoms with van der Waals surface area (Å²) >= 11 is 0. The van der Waals surface area contributed by atoms with E-state index in [4.69, 9.17) is 4.42 Å². The molecule has 0 aliphatic carbocycles. The molecule has 0 saturated carbocycles. The quantitative estimate of drug-likeness (QED) is 0.790. The van der Waals surface area contributed by atoms with Crippen molar-refractivity contribution in [2.24, 2.45) is 11.8 Å². The van der Waals surface area contributed by atoms with Crippen molar-refractivity contribution >= 4 is 5.91 Å². The van der Waals surface area contributed by atoms with Crippen LogP contribution < -0.4 is 0 Å². The van der Waals surface area contributed by atoms with E-state index in [1.165, 1.54) is 32.4 Å². The van der Waals surface area contributed by atoms with Gasteiger partial charge in [-0.05, 0) is 69.7 Å². The molecule has 6 nitrogen and oxygen atoms in total. The van der Waals surface area contributed by atoms with Gasteiger partial charge in [0.25, 0.3) is 5.91 Å². The molecule has 2 aliphatic rings. The van der Waals surface area contributed by atoms with Gasteiger partial charge in [-0.2, -0.15) is 5.26 Å². The van der Waals surface area contributed by atoms with E-state index >= 15 is 0 Å². The predicted molar refractivity (Wildman–Crippen MR) is 111 cm³/mol. The van der Waals surface area contributed by atoms with Crippen molar-refractivity contribution in [2.45, 2.75) is 39.5 Å². The number of amides is 1. The number of carbonyl (C=O) groups is 1.